The molecule has 0 radical (unpaired) electrons. The highest BCUT2D eigenvalue weighted by Gasteiger charge is 2.39. The van der Waals surface area contributed by atoms with Gasteiger partial charge in [-0.05, 0) is 25.2 Å². The van der Waals surface area contributed by atoms with Crippen molar-refractivity contribution in [2.45, 2.75) is 96.1 Å². The largest absolute Gasteiger partial charge is 0.377 e. The van der Waals surface area contributed by atoms with Crippen LogP contribution in [0, 0.1) is 5.92 Å². The minimum atomic E-state index is -0.0368. The van der Waals surface area contributed by atoms with Crippen LogP contribution in [0.25, 0.3) is 0 Å². The molecule has 0 amide bonds. The molecule has 0 aliphatic heterocycles. The topological polar surface area (TPSA) is 47.3 Å². The molecule has 3 N–H and O–H groups in total. The molecule has 1 saturated carbocycles. The van der Waals surface area contributed by atoms with Gasteiger partial charge in [0.1, 0.15) is 0 Å². The Balaban J connectivity index is 2.68. The molecule has 20 heavy (non-hydrogen) atoms. The van der Waals surface area contributed by atoms with Crippen molar-refractivity contribution in [3.8, 4) is 0 Å². The van der Waals surface area contributed by atoms with Crippen LogP contribution in [-0.2, 0) is 4.74 Å². The first-order chi connectivity index (χ1) is 9.72. The monoisotopic (exact) mass is 284 g/mol. The van der Waals surface area contributed by atoms with Gasteiger partial charge in [-0.1, -0.05) is 65.2 Å². The third-order valence-corrected chi connectivity index (χ3v) is 5.30. The fourth-order valence-electron chi connectivity index (χ4n) is 3.77. The minimum Gasteiger partial charge on any atom is -0.377 e. The van der Waals surface area contributed by atoms with E-state index in [9.17, 15) is 0 Å². The van der Waals surface area contributed by atoms with Gasteiger partial charge in [-0.25, -0.2) is 0 Å². The summed E-state index contributed by atoms with van der Waals surface area (Å²) in [6, 6.07) is 0.299. The first-order valence-electron chi connectivity index (χ1n) is 8.73. The number of nitrogens with one attached hydrogen (secondary N) is 1. The van der Waals surface area contributed by atoms with Gasteiger partial charge in [0.15, 0.2) is 0 Å². The summed E-state index contributed by atoms with van der Waals surface area (Å²) in [7, 11) is 1.88. The van der Waals surface area contributed by atoms with Gasteiger partial charge in [-0.2, -0.15) is 0 Å². The van der Waals surface area contributed by atoms with E-state index in [0.29, 0.717) is 6.04 Å². The van der Waals surface area contributed by atoms with E-state index in [4.69, 9.17) is 10.6 Å². The normalized spacial score (nSPS) is 22.2. The average Bonchev–Trinajstić information content (AvgIpc) is 2.74. The van der Waals surface area contributed by atoms with Crippen molar-refractivity contribution in [3.63, 3.8) is 0 Å². The number of hydrogen-bond acceptors (Lipinski definition) is 3. The second kappa shape index (κ2) is 9.75. The number of rotatable bonds is 9. The molecule has 3 nitrogen and oxygen atoms in total. The summed E-state index contributed by atoms with van der Waals surface area (Å²) in [6.45, 7) is 4.58. The van der Waals surface area contributed by atoms with Gasteiger partial charge in [0.25, 0.3) is 0 Å². The number of hydrogen-bond donors (Lipinski definition) is 2. The van der Waals surface area contributed by atoms with Crippen LogP contribution in [0.2, 0.25) is 0 Å². The maximum absolute atomic E-state index is 6.02. The Morgan fingerprint density at radius 2 is 1.80 bits per heavy atom. The van der Waals surface area contributed by atoms with Gasteiger partial charge in [0, 0.05) is 7.11 Å². The van der Waals surface area contributed by atoms with Gasteiger partial charge >= 0.3 is 0 Å². The lowest BCUT2D eigenvalue weighted by Crippen LogP contribution is -2.55. The number of methoxy groups -OCH3 is 1. The van der Waals surface area contributed by atoms with E-state index in [-0.39, 0.29) is 5.60 Å². The number of ether oxygens (including phenoxy) is 1. The van der Waals surface area contributed by atoms with Crippen LogP contribution in [0.3, 0.4) is 0 Å². The molecule has 0 aromatic heterocycles. The van der Waals surface area contributed by atoms with Crippen LogP contribution in [0.15, 0.2) is 0 Å². The molecule has 0 aromatic rings. The quantitative estimate of drug-likeness (QED) is 0.379. The number of hydrazine groups is 1. The van der Waals surface area contributed by atoms with Crippen molar-refractivity contribution >= 4 is 0 Å². The maximum atomic E-state index is 6.02. The van der Waals surface area contributed by atoms with Gasteiger partial charge < -0.3 is 4.74 Å². The molecule has 1 rings (SSSR count). The Labute approximate surface area is 126 Å². The summed E-state index contributed by atoms with van der Waals surface area (Å²) in [5, 5.41) is 0. The zero-order valence-electron chi connectivity index (χ0n) is 13.9. The number of nitrogens with two attached hydrogens (primary N) is 1. The van der Waals surface area contributed by atoms with Crippen LogP contribution >= 0.6 is 0 Å². The van der Waals surface area contributed by atoms with E-state index in [1.54, 1.807) is 0 Å². The molecule has 0 bridgehead atoms. The first kappa shape index (κ1) is 17.9. The summed E-state index contributed by atoms with van der Waals surface area (Å²) in [4.78, 5) is 0. The number of unbranched alkanes of at least 4 members (excludes halogenated alkanes) is 1. The molecular formula is C17H36N2O. The van der Waals surface area contributed by atoms with E-state index in [1.807, 2.05) is 7.11 Å². The third kappa shape index (κ3) is 5.01. The van der Waals surface area contributed by atoms with Crippen LogP contribution in [0.5, 0.6) is 0 Å². The summed E-state index contributed by atoms with van der Waals surface area (Å²) in [6.07, 6.45) is 13.9. The lowest BCUT2D eigenvalue weighted by Gasteiger charge is -2.40. The highest BCUT2D eigenvalue weighted by atomic mass is 16.5. The fourth-order valence-corrected chi connectivity index (χ4v) is 3.77. The molecule has 2 unspecified atom stereocenters. The standard InChI is InChI=1S/C17H36N2O/c1-4-6-11-15(5-2)14-16(19-18)17(20-3)12-9-7-8-10-13-17/h15-16,19H,4-14,18H2,1-3H3. The maximum Gasteiger partial charge on any atom is 0.0844 e. The van der Waals surface area contributed by atoms with Crippen molar-refractivity contribution in [2.24, 2.45) is 11.8 Å². The molecule has 0 saturated heterocycles. The Bertz CT molecular complexity index is 237. The Hall–Kier alpha value is -0.120. The van der Waals surface area contributed by atoms with E-state index < -0.39 is 0 Å². The van der Waals surface area contributed by atoms with Crippen molar-refractivity contribution < 1.29 is 4.74 Å². The predicted octanol–water partition coefficient (Wildman–Crippen LogP) is 4.16. The summed E-state index contributed by atoms with van der Waals surface area (Å²) < 4.78 is 6.02. The van der Waals surface area contributed by atoms with Gasteiger partial charge in [-0.15, -0.1) is 0 Å². The molecule has 120 valence electrons. The SMILES string of the molecule is CCCCC(CC)CC(NN)C1(OC)CCCCCC1. The highest BCUT2D eigenvalue weighted by Crippen LogP contribution is 2.36. The summed E-state index contributed by atoms with van der Waals surface area (Å²) in [5.41, 5.74) is 3.07. The van der Waals surface area contributed by atoms with Crippen molar-refractivity contribution in [1.82, 2.24) is 5.43 Å². The van der Waals surface area contributed by atoms with Crippen molar-refractivity contribution in [2.75, 3.05) is 7.11 Å². The third-order valence-electron chi connectivity index (χ3n) is 5.30. The molecule has 0 heterocycles. The first-order valence-corrected chi connectivity index (χ1v) is 8.73. The van der Waals surface area contributed by atoms with Gasteiger partial charge in [0.2, 0.25) is 0 Å². The van der Waals surface area contributed by atoms with E-state index in [1.165, 1.54) is 51.4 Å². The van der Waals surface area contributed by atoms with Gasteiger partial charge in [0.05, 0.1) is 11.6 Å². The van der Waals surface area contributed by atoms with Crippen molar-refractivity contribution in [3.05, 3.63) is 0 Å². The zero-order chi connectivity index (χ0) is 14.8. The smallest absolute Gasteiger partial charge is 0.0844 e. The Kier molecular flexibility index (Phi) is 8.74. The lowest BCUT2D eigenvalue weighted by molar-refractivity contribution is -0.0588. The minimum absolute atomic E-state index is 0.0368. The van der Waals surface area contributed by atoms with Crippen LogP contribution in [0.4, 0.5) is 0 Å². The molecule has 0 spiro atoms. The molecule has 3 heteroatoms. The zero-order valence-corrected chi connectivity index (χ0v) is 13.9. The second-order valence-electron chi connectivity index (χ2n) is 6.55. The summed E-state index contributed by atoms with van der Waals surface area (Å²) >= 11 is 0. The predicted molar refractivity (Wildman–Crippen MR) is 86.5 cm³/mol. The second-order valence-corrected chi connectivity index (χ2v) is 6.55. The summed E-state index contributed by atoms with van der Waals surface area (Å²) in [5.74, 6) is 6.69. The Morgan fingerprint density at radius 3 is 2.25 bits per heavy atom. The van der Waals surface area contributed by atoms with Gasteiger partial charge in [-0.3, -0.25) is 11.3 Å². The molecular weight excluding hydrogens is 248 g/mol. The highest BCUT2D eigenvalue weighted by molar-refractivity contribution is 4.94. The van der Waals surface area contributed by atoms with E-state index in [0.717, 1.165) is 25.2 Å². The fraction of sp³-hybridized carbons (Fsp3) is 1.00. The van der Waals surface area contributed by atoms with E-state index in [2.05, 4.69) is 19.3 Å². The van der Waals surface area contributed by atoms with Crippen LogP contribution in [-0.4, -0.2) is 18.8 Å². The van der Waals surface area contributed by atoms with Crippen molar-refractivity contribution in [1.29, 1.82) is 0 Å². The molecule has 0 aromatic carbocycles. The van der Waals surface area contributed by atoms with E-state index >= 15 is 0 Å². The molecule has 1 fully saturated rings. The lowest BCUT2D eigenvalue weighted by atomic mass is 9.80. The Morgan fingerprint density at radius 1 is 1.15 bits per heavy atom. The van der Waals surface area contributed by atoms with Crippen LogP contribution < -0.4 is 11.3 Å². The molecule has 2 atom stereocenters. The molecule has 1 aliphatic carbocycles. The van der Waals surface area contributed by atoms with Crippen LogP contribution in [0.1, 0.15) is 84.5 Å². The molecule has 1 aliphatic rings. The average molecular weight is 284 g/mol.